The molecule has 5 aromatic rings. The summed E-state index contributed by atoms with van der Waals surface area (Å²) in [6.07, 6.45) is 0.109. The van der Waals surface area contributed by atoms with E-state index in [1.165, 1.54) is 11.8 Å². The Hall–Kier alpha value is -4.04. The zero-order valence-corrected chi connectivity index (χ0v) is 22.6. The van der Waals surface area contributed by atoms with Crippen molar-refractivity contribution >= 4 is 22.7 Å². The van der Waals surface area contributed by atoms with Gasteiger partial charge in [-0.3, -0.25) is 9.36 Å². The smallest absolute Gasteiger partial charge is 0.266 e. The topological polar surface area (TPSA) is 79.4 Å². The van der Waals surface area contributed by atoms with Crippen LogP contribution in [0.15, 0.2) is 87.2 Å². The number of aromatic nitrogens is 3. The molecule has 0 fully saturated rings. The van der Waals surface area contributed by atoms with Crippen molar-refractivity contribution in [1.29, 1.82) is 0 Å². The number of aryl methyl sites for hydroxylation is 1. The molecule has 0 aliphatic carbocycles. The Bertz CT molecular complexity index is 1610. The van der Waals surface area contributed by atoms with E-state index in [2.05, 4.69) is 0 Å². The van der Waals surface area contributed by atoms with Crippen molar-refractivity contribution in [2.45, 2.75) is 44.7 Å². The average Bonchev–Trinajstić information content (AvgIpc) is 3.29. The molecule has 0 saturated carbocycles. The van der Waals surface area contributed by atoms with Crippen molar-refractivity contribution in [2.24, 2.45) is 0 Å². The Labute approximate surface area is 225 Å². The van der Waals surface area contributed by atoms with Crippen LogP contribution in [0.2, 0.25) is 0 Å². The lowest BCUT2D eigenvalue weighted by atomic mass is 10.2. The summed E-state index contributed by atoms with van der Waals surface area (Å²) in [7, 11) is 0. The molecule has 0 amide bonds. The molecule has 7 nitrogen and oxygen atoms in total. The number of hydrogen-bond donors (Lipinski definition) is 0. The van der Waals surface area contributed by atoms with E-state index < -0.39 is 0 Å². The van der Waals surface area contributed by atoms with E-state index in [0.717, 1.165) is 34.2 Å². The van der Waals surface area contributed by atoms with Gasteiger partial charge in [0.25, 0.3) is 5.56 Å². The molecule has 0 unspecified atom stereocenters. The minimum Gasteiger partial charge on any atom is -0.494 e. The lowest BCUT2D eigenvalue weighted by Crippen LogP contribution is -2.21. The third-order valence-electron chi connectivity index (χ3n) is 5.85. The number of hydrogen-bond acceptors (Lipinski definition) is 7. The van der Waals surface area contributed by atoms with Gasteiger partial charge in [-0.25, -0.2) is 9.97 Å². The zero-order valence-electron chi connectivity index (χ0n) is 21.8. The van der Waals surface area contributed by atoms with Crippen LogP contribution in [-0.2, 0) is 5.75 Å². The lowest BCUT2D eigenvalue weighted by molar-refractivity contribution is 0.242. The van der Waals surface area contributed by atoms with E-state index in [1.54, 1.807) is 10.6 Å². The normalized spacial score (nSPS) is 11.3. The molecule has 3 aromatic carbocycles. The molecule has 8 heteroatoms. The molecule has 194 valence electrons. The van der Waals surface area contributed by atoms with Gasteiger partial charge in [0, 0.05) is 11.3 Å². The number of benzene rings is 3. The van der Waals surface area contributed by atoms with Crippen molar-refractivity contribution in [1.82, 2.24) is 14.5 Å². The van der Waals surface area contributed by atoms with Gasteiger partial charge in [0.1, 0.15) is 17.3 Å². The highest BCUT2D eigenvalue weighted by molar-refractivity contribution is 7.98. The van der Waals surface area contributed by atoms with Crippen LogP contribution in [0.5, 0.6) is 11.5 Å². The van der Waals surface area contributed by atoms with E-state index in [1.807, 2.05) is 94.4 Å². The maximum absolute atomic E-state index is 13.6. The zero-order chi connectivity index (χ0) is 26.6. The van der Waals surface area contributed by atoms with Crippen molar-refractivity contribution < 1.29 is 13.9 Å². The average molecular weight is 528 g/mol. The maximum atomic E-state index is 13.6. The van der Waals surface area contributed by atoms with Gasteiger partial charge in [-0.1, -0.05) is 23.9 Å². The first kappa shape index (κ1) is 25.6. The van der Waals surface area contributed by atoms with Crippen LogP contribution in [0.4, 0.5) is 0 Å². The third-order valence-corrected chi connectivity index (χ3v) is 6.80. The number of fused-ring (bicyclic) bond motifs is 1. The monoisotopic (exact) mass is 527 g/mol. The molecule has 0 N–H and O–H groups in total. The molecular weight excluding hydrogens is 498 g/mol. The molecule has 2 aromatic heterocycles. The molecule has 38 heavy (non-hydrogen) atoms. The lowest BCUT2D eigenvalue weighted by Gasteiger charge is -2.13. The summed E-state index contributed by atoms with van der Waals surface area (Å²) >= 11 is 1.45. The number of ether oxygens (including phenoxy) is 2. The fourth-order valence-electron chi connectivity index (χ4n) is 4.06. The summed E-state index contributed by atoms with van der Waals surface area (Å²) < 4.78 is 18.9. The second kappa shape index (κ2) is 11.1. The van der Waals surface area contributed by atoms with E-state index in [9.17, 15) is 4.79 Å². The number of oxazole rings is 1. The van der Waals surface area contributed by atoms with Crippen LogP contribution in [0.1, 0.15) is 32.2 Å². The molecule has 5 rings (SSSR count). The summed E-state index contributed by atoms with van der Waals surface area (Å²) in [5.41, 5.74) is 2.93. The third kappa shape index (κ3) is 5.45. The van der Waals surface area contributed by atoms with Crippen LogP contribution < -0.4 is 15.0 Å². The van der Waals surface area contributed by atoms with Crippen LogP contribution in [0.25, 0.3) is 28.0 Å². The van der Waals surface area contributed by atoms with E-state index in [-0.39, 0.29) is 11.7 Å². The number of rotatable bonds is 9. The van der Waals surface area contributed by atoms with Crippen molar-refractivity contribution in [3.05, 3.63) is 94.6 Å². The highest BCUT2D eigenvalue weighted by Crippen LogP contribution is 2.29. The van der Waals surface area contributed by atoms with Gasteiger partial charge in [-0.2, -0.15) is 0 Å². The molecule has 0 radical (unpaired) electrons. The van der Waals surface area contributed by atoms with Gasteiger partial charge in [0.2, 0.25) is 5.89 Å². The predicted molar refractivity (Wildman–Crippen MR) is 151 cm³/mol. The van der Waals surface area contributed by atoms with Crippen LogP contribution in [0, 0.1) is 6.92 Å². The highest BCUT2D eigenvalue weighted by Gasteiger charge is 2.17. The Balaban J connectivity index is 1.45. The maximum Gasteiger partial charge on any atom is 0.266 e. The molecule has 2 heterocycles. The molecule has 0 bridgehead atoms. The largest absolute Gasteiger partial charge is 0.494 e. The van der Waals surface area contributed by atoms with Gasteiger partial charge in [0.15, 0.2) is 5.16 Å². The fraction of sp³-hybridized carbons (Fsp3) is 0.233. The van der Waals surface area contributed by atoms with Crippen LogP contribution in [0.3, 0.4) is 0 Å². The number of nitrogens with zero attached hydrogens (tertiary/aromatic N) is 3. The molecule has 0 atom stereocenters. The van der Waals surface area contributed by atoms with Gasteiger partial charge < -0.3 is 13.9 Å². The van der Waals surface area contributed by atoms with Crippen LogP contribution >= 0.6 is 11.8 Å². The molecule has 0 aliphatic rings. The Morgan fingerprint density at radius 2 is 1.66 bits per heavy atom. The number of para-hydroxylation sites is 1. The minimum atomic E-state index is -0.122. The van der Waals surface area contributed by atoms with Crippen molar-refractivity contribution in [3.8, 4) is 28.6 Å². The van der Waals surface area contributed by atoms with Gasteiger partial charge in [-0.15, -0.1) is 0 Å². The SMILES string of the molecule is CCOc1ccc(-n2c(SCc3nc(-c4ccc(OC(C)C)cc4)oc3C)nc3ccccc3c2=O)cc1. The molecule has 0 saturated heterocycles. The second-order valence-electron chi connectivity index (χ2n) is 8.98. The molecular formula is C30H29N3O4S. The van der Waals surface area contributed by atoms with Crippen molar-refractivity contribution in [3.63, 3.8) is 0 Å². The first-order chi connectivity index (χ1) is 18.4. The fourth-order valence-corrected chi connectivity index (χ4v) is 5.08. The van der Waals surface area contributed by atoms with Gasteiger partial charge in [0.05, 0.1) is 35.0 Å². The number of thioether (sulfide) groups is 1. The standard InChI is InChI=1S/C30H29N3O4S/c1-5-35-23-16-12-22(13-17-23)33-29(34)25-8-6-7-9-26(25)32-30(33)38-18-27-20(4)37-28(31-27)21-10-14-24(15-11-21)36-19(2)3/h6-17,19H,5,18H2,1-4H3. The second-order valence-corrected chi connectivity index (χ2v) is 9.92. The first-order valence-electron chi connectivity index (χ1n) is 12.5. The van der Waals surface area contributed by atoms with E-state index in [4.69, 9.17) is 23.9 Å². The summed E-state index contributed by atoms with van der Waals surface area (Å²) in [6, 6.07) is 22.6. The van der Waals surface area contributed by atoms with Crippen LogP contribution in [-0.4, -0.2) is 27.2 Å². The minimum absolute atomic E-state index is 0.109. The summed E-state index contributed by atoms with van der Waals surface area (Å²) in [6.45, 7) is 8.40. The van der Waals surface area contributed by atoms with E-state index >= 15 is 0 Å². The van der Waals surface area contributed by atoms with E-state index in [0.29, 0.717) is 34.3 Å². The Kier molecular flexibility index (Phi) is 7.51. The quantitative estimate of drug-likeness (QED) is 0.154. The molecule has 0 aliphatic heterocycles. The first-order valence-corrected chi connectivity index (χ1v) is 13.5. The van der Waals surface area contributed by atoms with Gasteiger partial charge >= 0.3 is 0 Å². The summed E-state index contributed by atoms with van der Waals surface area (Å²) in [5.74, 6) is 3.32. The Morgan fingerprint density at radius 1 is 0.947 bits per heavy atom. The van der Waals surface area contributed by atoms with Gasteiger partial charge in [-0.05, 0) is 88.4 Å². The summed E-state index contributed by atoms with van der Waals surface area (Å²) in [5, 5.41) is 1.15. The molecule has 0 spiro atoms. The Morgan fingerprint density at radius 3 is 2.37 bits per heavy atom. The summed E-state index contributed by atoms with van der Waals surface area (Å²) in [4.78, 5) is 23.1. The predicted octanol–water partition coefficient (Wildman–Crippen LogP) is 6.83. The highest BCUT2D eigenvalue weighted by atomic mass is 32.2. The van der Waals surface area contributed by atoms with Crippen molar-refractivity contribution in [2.75, 3.05) is 6.61 Å².